The Morgan fingerprint density at radius 1 is 1.35 bits per heavy atom. The molecule has 0 spiro atoms. The topological polar surface area (TPSA) is 40.5 Å². The lowest BCUT2D eigenvalue weighted by Gasteiger charge is -2.27. The molecule has 1 aromatic carbocycles. The second-order valence-electron chi connectivity index (χ2n) is 6.51. The number of aliphatic hydroxyl groups excluding tert-OH is 1. The molecule has 3 nitrogen and oxygen atoms in total. The van der Waals surface area contributed by atoms with E-state index < -0.39 is 6.61 Å². The summed E-state index contributed by atoms with van der Waals surface area (Å²) < 4.78 is 14.2. The molecule has 0 aliphatic heterocycles. The molecule has 0 radical (unpaired) electrons. The van der Waals surface area contributed by atoms with Crippen molar-refractivity contribution in [2.75, 3.05) is 20.2 Å². The highest BCUT2D eigenvalue weighted by Crippen LogP contribution is 2.24. The van der Waals surface area contributed by atoms with E-state index in [9.17, 15) is 9.18 Å². The molecule has 0 aromatic heterocycles. The van der Waals surface area contributed by atoms with E-state index >= 15 is 0 Å². The molecular formula is C19H26FNO2. The van der Waals surface area contributed by atoms with Crippen LogP contribution in [-0.2, 0) is 11.3 Å². The standard InChI is InChI=1S/C19H26FNO2/c1-21(12-16-5-3-2-4-6-16)13-17-9-7-15(11-19(17)20)8-10-18(23)14-22/h7-11,16,22H,2-6,12-14H2,1H3/b10-8+. The normalized spacial score (nSPS) is 16.3. The number of hydrogen-bond donors (Lipinski definition) is 1. The van der Waals surface area contributed by atoms with Gasteiger partial charge in [-0.3, -0.25) is 4.79 Å². The van der Waals surface area contributed by atoms with Crippen LogP contribution in [0.3, 0.4) is 0 Å². The lowest BCUT2D eigenvalue weighted by Crippen LogP contribution is -2.27. The molecule has 0 saturated heterocycles. The van der Waals surface area contributed by atoms with Crippen LogP contribution in [0.4, 0.5) is 4.39 Å². The maximum atomic E-state index is 14.2. The number of halogens is 1. The zero-order valence-corrected chi connectivity index (χ0v) is 13.8. The predicted molar refractivity (Wildman–Crippen MR) is 90.4 cm³/mol. The molecule has 1 aliphatic carbocycles. The van der Waals surface area contributed by atoms with E-state index in [1.807, 2.05) is 7.05 Å². The third kappa shape index (κ3) is 5.88. The summed E-state index contributed by atoms with van der Waals surface area (Å²) in [6.45, 7) is 1.09. The van der Waals surface area contributed by atoms with Gasteiger partial charge < -0.3 is 10.0 Å². The Morgan fingerprint density at radius 3 is 2.74 bits per heavy atom. The first kappa shape index (κ1) is 17.8. The van der Waals surface area contributed by atoms with Crippen molar-refractivity contribution < 1.29 is 14.3 Å². The van der Waals surface area contributed by atoms with E-state index in [0.29, 0.717) is 17.7 Å². The molecule has 1 saturated carbocycles. The van der Waals surface area contributed by atoms with Gasteiger partial charge in [0.15, 0.2) is 5.78 Å². The zero-order valence-electron chi connectivity index (χ0n) is 13.8. The lowest BCUT2D eigenvalue weighted by molar-refractivity contribution is -0.117. The Bertz CT molecular complexity index is 550. The van der Waals surface area contributed by atoms with E-state index in [0.717, 1.165) is 12.5 Å². The van der Waals surface area contributed by atoms with Gasteiger partial charge in [-0.1, -0.05) is 37.5 Å². The predicted octanol–water partition coefficient (Wildman–Crippen LogP) is 3.41. The zero-order chi connectivity index (χ0) is 16.7. The molecule has 1 aliphatic rings. The van der Waals surface area contributed by atoms with Crippen molar-refractivity contribution in [2.24, 2.45) is 5.92 Å². The van der Waals surface area contributed by atoms with Crippen molar-refractivity contribution in [1.29, 1.82) is 0 Å². The fourth-order valence-electron chi connectivity index (χ4n) is 3.20. The molecule has 2 rings (SSSR count). The molecule has 0 bridgehead atoms. The third-order valence-electron chi connectivity index (χ3n) is 4.43. The van der Waals surface area contributed by atoms with Gasteiger partial charge in [0.2, 0.25) is 0 Å². The Morgan fingerprint density at radius 2 is 2.09 bits per heavy atom. The highest BCUT2D eigenvalue weighted by molar-refractivity contribution is 5.94. The minimum Gasteiger partial charge on any atom is -0.388 e. The van der Waals surface area contributed by atoms with E-state index in [1.54, 1.807) is 12.1 Å². The number of benzene rings is 1. The van der Waals surface area contributed by atoms with Crippen molar-refractivity contribution in [2.45, 2.75) is 38.6 Å². The molecule has 4 heteroatoms. The maximum Gasteiger partial charge on any atom is 0.181 e. The number of rotatable bonds is 7. The summed E-state index contributed by atoms with van der Waals surface area (Å²) in [5, 5.41) is 8.66. The van der Waals surface area contributed by atoms with Gasteiger partial charge in [-0.25, -0.2) is 4.39 Å². The summed E-state index contributed by atoms with van der Waals surface area (Å²) in [4.78, 5) is 13.2. The molecule has 1 fully saturated rings. The second kappa shape index (κ2) is 8.94. The van der Waals surface area contributed by atoms with E-state index in [4.69, 9.17) is 5.11 Å². The number of hydrogen-bond acceptors (Lipinski definition) is 3. The summed E-state index contributed by atoms with van der Waals surface area (Å²) >= 11 is 0. The number of ketones is 1. The van der Waals surface area contributed by atoms with Gasteiger partial charge in [0.1, 0.15) is 12.4 Å². The molecule has 1 N–H and O–H groups in total. The first-order chi connectivity index (χ1) is 11.1. The Labute approximate surface area is 137 Å². The Hall–Kier alpha value is -1.52. The minimum absolute atomic E-state index is 0.251. The largest absolute Gasteiger partial charge is 0.388 e. The SMILES string of the molecule is CN(Cc1ccc(/C=C/C(=O)CO)cc1F)CC1CCCCC1. The number of carbonyl (C=O) groups is 1. The maximum absolute atomic E-state index is 14.2. The minimum atomic E-state index is -0.525. The van der Waals surface area contributed by atoms with Gasteiger partial charge in [0.25, 0.3) is 0 Å². The van der Waals surface area contributed by atoms with Crippen LogP contribution in [0.1, 0.15) is 43.2 Å². The first-order valence-corrected chi connectivity index (χ1v) is 8.37. The van der Waals surface area contributed by atoms with Crippen molar-refractivity contribution in [3.8, 4) is 0 Å². The van der Waals surface area contributed by atoms with Gasteiger partial charge in [-0.15, -0.1) is 0 Å². The van der Waals surface area contributed by atoms with Crippen LogP contribution in [0, 0.1) is 11.7 Å². The monoisotopic (exact) mass is 319 g/mol. The van der Waals surface area contributed by atoms with Gasteiger partial charge >= 0.3 is 0 Å². The Balaban J connectivity index is 1.92. The summed E-state index contributed by atoms with van der Waals surface area (Å²) in [6.07, 6.45) is 9.36. The molecule has 23 heavy (non-hydrogen) atoms. The van der Waals surface area contributed by atoms with Gasteiger partial charge in [-0.2, -0.15) is 0 Å². The summed E-state index contributed by atoms with van der Waals surface area (Å²) in [6, 6.07) is 5.01. The molecular weight excluding hydrogens is 293 g/mol. The number of aliphatic hydroxyl groups is 1. The molecule has 126 valence electrons. The van der Waals surface area contributed by atoms with Crippen molar-refractivity contribution in [3.05, 3.63) is 41.2 Å². The Kier molecular flexibility index (Phi) is 6.93. The smallest absolute Gasteiger partial charge is 0.181 e. The van der Waals surface area contributed by atoms with Crippen molar-refractivity contribution in [1.82, 2.24) is 4.90 Å². The van der Waals surface area contributed by atoms with E-state index in [1.165, 1.54) is 50.3 Å². The number of carbonyl (C=O) groups excluding carboxylic acids is 1. The molecule has 0 heterocycles. The highest BCUT2D eigenvalue weighted by atomic mass is 19.1. The summed E-state index contributed by atoms with van der Waals surface area (Å²) in [5.74, 6) is 0.101. The second-order valence-corrected chi connectivity index (χ2v) is 6.51. The summed E-state index contributed by atoms with van der Waals surface area (Å²) in [5.41, 5.74) is 1.30. The van der Waals surface area contributed by atoms with Crippen LogP contribution >= 0.6 is 0 Å². The van der Waals surface area contributed by atoms with E-state index in [2.05, 4.69) is 4.90 Å². The number of nitrogens with zero attached hydrogens (tertiary/aromatic N) is 1. The average molecular weight is 319 g/mol. The fourth-order valence-corrected chi connectivity index (χ4v) is 3.20. The fraction of sp³-hybridized carbons (Fsp3) is 0.526. The third-order valence-corrected chi connectivity index (χ3v) is 4.43. The quantitative estimate of drug-likeness (QED) is 0.783. The molecule has 0 atom stereocenters. The van der Waals surface area contributed by atoms with Gasteiger partial charge in [0, 0.05) is 18.7 Å². The van der Waals surface area contributed by atoms with Gasteiger partial charge in [-0.05, 0) is 43.5 Å². The van der Waals surface area contributed by atoms with Crippen molar-refractivity contribution >= 4 is 11.9 Å². The average Bonchev–Trinajstić information content (AvgIpc) is 2.55. The first-order valence-electron chi connectivity index (χ1n) is 8.37. The van der Waals surface area contributed by atoms with Crippen molar-refractivity contribution in [3.63, 3.8) is 0 Å². The molecule has 0 amide bonds. The lowest BCUT2D eigenvalue weighted by atomic mass is 9.89. The van der Waals surface area contributed by atoms with Crippen LogP contribution in [0.5, 0.6) is 0 Å². The van der Waals surface area contributed by atoms with Crippen LogP contribution in [0.15, 0.2) is 24.3 Å². The highest BCUT2D eigenvalue weighted by Gasteiger charge is 2.16. The summed E-state index contributed by atoms with van der Waals surface area (Å²) in [7, 11) is 2.04. The van der Waals surface area contributed by atoms with Crippen LogP contribution in [0.25, 0.3) is 6.08 Å². The van der Waals surface area contributed by atoms with Gasteiger partial charge in [0.05, 0.1) is 0 Å². The van der Waals surface area contributed by atoms with Crippen LogP contribution in [0.2, 0.25) is 0 Å². The van der Waals surface area contributed by atoms with E-state index in [-0.39, 0.29) is 11.6 Å². The van der Waals surface area contributed by atoms with Crippen LogP contribution in [-0.4, -0.2) is 36.0 Å². The molecule has 1 aromatic rings. The molecule has 0 unspecified atom stereocenters. The van der Waals surface area contributed by atoms with Crippen LogP contribution < -0.4 is 0 Å².